The Hall–Kier alpha value is -2.45. The Balaban J connectivity index is 2.09. The van der Waals surface area contributed by atoms with Crippen LogP contribution in [0.15, 0.2) is 36.5 Å². The number of hydrogen-bond donors (Lipinski definition) is 1. The highest BCUT2D eigenvalue weighted by atomic mass is 32.1. The lowest BCUT2D eigenvalue weighted by molar-refractivity contribution is 0.800. The summed E-state index contributed by atoms with van der Waals surface area (Å²) in [6.07, 6.45) is 1.83. The Morgan fingerprint density at radius 1 is 1.40 bits per heavy atom. The van der Waals surface area contributed by atoms with Crippen LogP contribution >= 0.6 is 12.2 Å². The third-order valence-electron chi connectivity index (χ3n) is 3.14. The summed E-state index contributed by atoms with van der Waals surface area (Å²) in [6, 6.07) is 11.7. The van der Waals surface area contributed by atoms with Crippen molar-refractivity contribution in [1.82, 2.24) is 14.5 Å². The number of hydrogen-bond acceptors (Lipinski definition) is 3. The summed E-state index contributed by atoms with van der Waals surface area (Å²) in [7, 11) is 0. The molecule has 5 heteroatoms. The Kier molecular flexibility index (Phi) is 3.09. The number of imidazole rings is 1. The molecule has 1 aromatic carbocycles. The van der Waals surface area contributed by atoms with Gasteiger partial charge < -0.3 is 4.98 Å². The van der Waals surface area contributed by atoms with Crippen molar-refractivity contribution in [2.45, 2.75) is 13.5 Å². The van der Waals surface area contributed by atoms with Gasteiger partial charge in [-0.1, -0.05) is 12.1 Å². The van der Waals surface area contributed by atoms with Crippen molar-refractivity contribution < 1.29 is 0 Å². The van der Waals surface area contributed by atoms with Crippen molar-refractivity contribution in [3.63, 3.8) is 0 Å². The number of nitriles is 1. The zero-order valence-electron chi connectivity index (χ0n) is 10.9. The molecule has 0 saturated heterocycles. The first-order valence-corrected chi connectivity index (χ1v) is 6.62. The van der Waals surface area contributed by atoms with Gasteiger partial charge in [-0.05, 0) is 48.5 Å². The maximum Gasteiger partial charge on any atom is 0.179 e. The molecule has 3 rings (SSSR count). The van der Waals surface area contributed by atoms with Crippen LogP contribution in [0.25, 0.3) is 11.2 Å². The first-order valence-electron chi connectivity index (χ1n) is 6.21. The second-order valence-corrected chi connectivity index (χ2v) is 5.10. The number of rotatable bonds is 2. The fourth-order valence-electron chi connectivity index (χ4n) is 2.22. The van der Waals surface area contributed by atoms with Gasteiger partial charge in [-0.2, -0.15) is 5.26 Å². The number of nitrogens with one attached hydrogen (secondary N) is 1. The van der Waals surface area contributed by atoms with E-state index in [0.717, 1.165) is 22.3 Å². The van der Waals surface area contributed by atoms with Crippen molar-refractivity contribution in [2.24, 2.45) is 0 Å². The molecule has 98 valence electrons. The minimum atomic E-state index is 0.602. The van der Waals surface area contributed by atoms with Crippen LogP contribution in [-0.4, -0.2) is 14.5 Å². The number of aromatic nitrogens is 3. The monoisotopic (exact) mass is 280 g/mol. The molecule has 1 N–H and O–H groups in total. The van der Waals surface area contributed by atoms with Crippen LogP contribution < -0.4 is 0 Å². The summed E-state index contributed by atoms with van der Waals surface area (Å²) in [5, 5.41) is 8.95. The molecule has 2 aromatic heterocycles. The number of nitrogens with zero attached hydrogens (tertiary/aromatic N) is 3. The quantitative estimate of drug-likeness (QED) is 0.733. The minimum Gasteiger partial charge on any atom is -0.329 e. The Labute approximate surface area is 121 Å². The van der Waals surface area contributed by atoms with Crippen LogP contribution in [0.1, 0.15) is 16.7 Å². The number of aryl methyl sites for hydroxylation is 1. The van der Waals surface area contributed by atoms with Gasteiger partial charge >= 0.3 is 0 Å². The minimum absolute atomic E-state index is 0.602. The van der Waals surface area contributed by atoms with Crippen LogP contribution in [0, 0.1) is 23.0 Å². The lowest BCUT2D eigenvalue weighted by atomic mass is 10.1. The molecule has 2 heterocycles. The predicted octanol–water partition coefficient (Wildman–Crippen LogP) is 3.32. The zero-order chi connectivity index (χ0) is 14.1. The average Bonchev–Trinajstić information content (AvgIpc) is 2.74. The maximum absolute atomic E-state index is 8.95. The van der Waals surface area contributed by atoms with Crippen molar-refractivity contribution in [1.29, 1.82) is 5.26 Å². The first-order chi connectivity index (χ1) is 9.67. The van der Waals surface area contributed by atoms with Crippen molar-refractivity contribution >= 4 is 23.4 Å². The van der Waals surface area contributed by atoms with Crippen molar-refractivity contribution in [3.8, 4) is 6.07 Å². The summed E-state index contributed by atoms with van der Waals surface area (Å²) >= 11 is 5.36. The molecule has 20 heavy (non-hydrogen) atoms. The lowest BCUT2D eigenvalue weighted by Gasteiger charge is -2.04. The topological polar surface area (TPSA) is 57.4 Å². The molecule has 0 aliphatic carbocycles. The molecular formula is C15H12N4S. The summed E-state index contributed by atoms with van der Waals surface area (Å²) in [5.41, 5.74) is 4.54. The molecule has 0 amide bonds. The van der Waals surface area contributed by atoms with Crippen LogP contribution in [0.3, 0.4) is 0 Å². The third kappa shape index (κ3) is 2.22. The largest absolute Gasteiger partial charge is 0.329 e. The molecular weight excluding hydrogens is 268 g/mol. The molecule has 0 aliphatic heterocycles. The van der Waals surface area contributed by atoms with Crippen molar-refractivity contribution in [3.05, 3.63) is 58.0 Å². The highest BCUT2D eigenvalue weighted by molar-refractivity contribution is 7.71. The van der Waals surface area contributed by atoms with Gasteiger partial charge in [0.2, 0.25) is 0 Å². The van der Waals surface area contributed by atoms with Crippen LogP contribution in [0.2, 0.25) is 0 Å². The number of benzene rings is 1. The van der Waals surface area contributed by atoms with Gasteiger partial charge in [-0.3, -0.25) is 4.57 Å². The fourth-order valence-corrected chi connectivity index (χ4v) is 2.48. The summed E-state index contributed by atoms with van der Waals surface area (Å²) in [4.78, 5) is 7.61. The van der Waals surface area contributed by atoms with E-state index in [0.29, 0.717) is 16.9 Å². The fraction of sp³-hybridized carbons (Fsp3) is 0.133. The molecule has 3 aromatic rings. The highest BCUT2D eigenvalue weighted by Crippen LogP contribution is 2.15. The molecule has 0 fully saturated rings. The summed E-state index contributed by atoms with van der Waals surface area (Å²) in [5.74, 6) is 0. The predicted molar refractivity (Wildman–Crippen MR) is 79.9 cm³/mol. The summed E-state index contributed by atoms with van der Waals surface area (Å²) in [6.45, 7) is 2.60. The standard InChI is InChI=1S/C15H12N4S/c1-10-5-13-14(17-8-10)19(15(20)18-13)9-12-4-2-3-11(6-12)7-16/h2-6,8H,9H2,1H3,(H,18,20). The molecule has 0 unspecified atom stereocenters. The zero-order valence-corrected chi connectivity index (χ0v) is 11.7. The van der Waals surface area contributed by atoms with E-state index in [1.54, 1.807) is 6.07 Å². The van der Waals surface area contributed by atoms with Crippen LogP contribution in [0.5, 0.6) is 0 Å². The Morgan fingerprint density at radius 3 is 3.05 bits per heavy atom. The smallest absolute Gasteiger partial charge is 0.179 e. The second kappa shape index (κ2) is 4.91. The van der Waals surface area contributed by atoms with E-state index in [9.17, 15) is 0 Å². The second-order valence-electron chi connectivity index (χ2n) is 4.71. The Morgan fingerprint density at radius 2 is 2.25 bits per heavy atom. The number of pyridine rings is 1. The molecule has 0 spiro atoms. The van der Waals surface area contributed by atoms with E-state index < -0.39 is 0 Å². The van der Waals surface area contributed by atoms with Gasteiger partial charge in [0.05, 0.1) is 23.7 Å². The van der Waals surface area contributed by atoms with E-state index >= 15 is 0 Å². The van der Waals surface area contributed by atoms with Gasteiger partial charge in [0.1, 0.15) is 0 Å². The van der Waals surface area contributed by atoms with E-state index in [-0.39, 0.29) is 0 Å². The molecule has 0 aliphatic rings. The first kappa shape index (κ1) is 12.6. The van der Waals surface area contributed by atoms with Gasteiger partial charge in [0.15, 0.2) is 10.4 Å². The van der Waals surface area contributed by atoms with Gasteiger partial charge in [0.25, 0.3) is 0 Å². The van der Waals surface area contributed by atoms with E-state index in [2.05, 4.69) is 16.0 Å². The third-order valence-corrected chi connectivity index (χ3v) is 3.47. The molecule has 0 saturated carbocycles. The van der Waals surface area contributed by atoms with Crippen molar-refractivity contribution in [2.75, 3.05) is 0 Å². The van der Waals surface area contributed by atoms with Gasteiger partial charge in [-0.15, -0.1) is 0 Å². The lowest BCUT2D eigenvalue weighted by Crippen LogP contribution is -2.01. The SMILES string of the molecule is Cc1cnc2c(c1)[nH]c(=S)n2Cc1cccc(C#N)c1. The van der Waals surface area contributed by atoms with Gasteiger partial charge in [0, 0.05) is 6.20 Å². The van der Waals surface area contributed by atoms with E-state index in [4.69, 9.17) is 17.5 Å². The number of fused-ring (bicyclic) bond motifs is 1. The van der Waals surface area contributed by atoms with Gasteiger partial charge in [-0.25, -0.2) is 4.98 Å². The Bertz CT molecular complexity index is 883. The number of H-pyrrole nitrogens is 1. The highest BCUT2D eigenvalue weighted by Gasteiger charge is 2.07. The van der Waals surface area contributed by atoms with E-state index in [1.165, 1.54) is 0 Å². The molecule has 0 atom stereocenters. The average molecular weight is 280 g/mol. The number of aromatic amines is 1. The maximum atomic E-state index is 8.95. The summed E-state index contributed by atoms with van der Waals surface area (Å²) < 4.78 is 2.58. The molecule has 0 bridgehead atoms. The van der Waals surface area contributed by atoms with Crippen LogP contribution in [-0.2, 0) is 6.54 Å². The van der Waals surface area contributed by atoms with Crippen LogP contribution in [0.4, 0.5) is 0 Å². The molecule has 4 nitrogen and oxygen atoms in total. The molecule has 0 radical (unpaired) electrons. The van der Waals surface area contributed by atoms with E-state index in [1.807, 2.05) is 42.0 Å². The normalized spacial score (nSPS) is 10.6.